The smallest absolute Gasteiger partial charge is 0.242 e. The van der Waals surface area contributed by atoms with E-state index in [2.05, 4.69) is 26.1 Å². The first-order chi connectivity index (χ1) is 9.54. The number of aryl methyl sites for hydroxylation is 2. The van der Waals surface area contributed by atoms with E-state index in [1.165, 1.54) is 6.07 Å². The molecular weight excluding hydrogens is 277 g/mol. The van der Waals surface area contributed by atoms with E-state index in [-0.39, 0.29) is 10.9 Å². The Morgan fingerprint density at radius 1 is 1.15 bits per heavy atom. The Morgan fingerprint density at radius 2 is 1.80 bits per heavy atom. The van der Waals surface area contributed by atoms with Gasteiger partial charge in [0.05, 0.1) is 5.69 Å². The fourth-order valence-electron chi connectivity index (χ4n) is 1.61. The minimum absolute atomic E-state index is 0.220. The third-order valence-corrected chi connectivity index (χ3v) is 2.60. The van der Waals surface area contributed by atoms with E-state index in [4.69, 9.17) is 12.2 Å². The van der Waals surface area contributed by atoms with Gasteiger partial charge in [0.2, 0.25) is 5.95 Å². The number of nitrogens with one attached hydrogen (secondary N) is 3. The van der Waals surface area contributed by atoms with Crippen LogP contribution in [0.25, 0.3) is 0 Å². The van der Waals surface area contributed by atoms with Crippen molar-refractivity contribution >= 4 is 29.0 Å². The number of hydrazine groups is 1. The van der Waals surface area contributed by atoms with Crippen LogP contribution >= 0.6 is 12.2 Å². The van der Waals surface area contributed by atoms with Gasteiger partial charge in [-0.05, 0) is 44.3 Å². The Balaban J connectivity index is 1.94. The summed E-state index contributed by atoms with van der Waals surface area (Å²) in [5.74, 6) is 0.0273. The van der Waals surface area contributed by atoms with E-state index in [1.54, 1.807) is 18.2 Å². The molecule has 2 aromatic rings. The van der Waals surface area contributed by atoms with Gasteiger partial charge >= 0.3 is 0 Å². The molecule has 0 unspecified atom stereocenters. The van der Waals surface area contributed by atoms with Crippen molar-refractivity contribution in [1.29, 1.82) is 0 Å². The van der Waals surface area contributed by atoms with Crippen LogP contribution in [0.1, 0.15) is 11.4 Å². The molecule has 0 saturated heterocycles. The van der Waals surface area contributed by atoms with Crippen LogP contribution in [0.3, 0.4) is 0 Å². The third kappa shape index (κ3) is 3.86. The normalized spacial score (nSPS) is 9.95. The molecule has 1 aromatic heterocycles. The second-order valence-electron chi connectivity index (χ2n) is 4.16. The summed E-state index contributed by atoms with van der Waals surface area (Å²) in [5, 5.41) is 2.96. The lowest BCUT2D eigenvalue weighted by Gasteiger charge is -2.12. The minimum Gasteiger partial charge on any atom is -0.329 e. The van der Waals surface area contributed by atoms with Crippen LogP contribution in [0.4, 0.5) is 16.0 Å². The fraction of sp³-hybridized carbons (Fsp3) is 0.154. The molecule has 0 aliphatic carbocycles. The maximum Gasteiger partial charge on any atom is 0.242 e. The summed E-state index contributed by atoms with van der Waals surface area (Å²) >= 11 is 5.05. The van der Waals surface area contributed by atoms with Crippen molar-refractivity contribution in [3.8, 4) is 0 Å². The molecule has 3 N–H and O–H groups in total. The highest BCUT2D eigenvalue weighted by Gasteiger charge is 2.03. The maximum atomic E-state index is 13.4. The van der Waals surface area contributed by atoms with Crippen molar-refractivity contribution in [1.82, 2.24) is 15.4 Å². The number of anilines is 2. The second-order valence-corrected chi connectivity index (χ2v) is 4.57. The highest BCUT2D eigenvalue weighted by atomic mass is 32.1. The summed E-state index contributed by atoms with van der Waals surface area (Å²) in [7, 11) is 0. The number of rotatable bonds is 3. The summed E-state index contributed by atoms with van der Waals surface area (Å²) in [4.78, 5) is 8.37. The Hall–Kier alpha value is -2.28. The van der Waals surface area contributed by atoms with E-state index in [0.29, 0.717) is 11.6 Å². The first kappa shape index (κ1) is 14.1. The van der Waals surface area contributed by atoms with E-state index >= 15 is 0 Å². The predicted molar refractivity (Wildman–Crippen MR) is 80.9 cm³/mol. The first-order valence-corrected chi connectivity index (χ1v) is 6.35. The lowest BCUT2D eigenvalue weighted by Crippen LogP contribution is -2.34. The fourth-order valence-corrected chi connectivity index (χ4v) is 1.77. The Bertz CT molecular complexity index is 612. The third-order valence-electron chi connectivity index (χ3n) is 2.39. The van der Waals surface area contributed by atoms with Crippen LogP contribution in [0.15, 0.2) is 30.3 Å². The van der Waals surface area contributed by atoms with Gasteiger partial charge in [-0.25, -0.2) is 14.4 Å². The Kier molecular flexibility index (Phi) is 4.41. The Labute approximate surface area is 121 Å². The molecule has 0 radical (unpaired) electrons. The molecule has 0 saturated carbocycles. The maximum absolute atomic E-state index is 13.4. The number of benzene rings is 1. The van der Waals surface area contributed by atoms with Gasteiger partial charge in [0.1, 0.15) is 5.82 Å². The van der Waals surface area contributed by atoms with Crippen LogP contribution < -0.4 is 16.2 Å². The van der Waals surface area contributed by atoms with Crippen LogP contribution in [0.5, 0.6) is 0 Å². The molecule has 7 heteroatoms. The van der Waals surface area contributed by atoms with Crippen molar-refractivity contribution in [2.24, 2.45) is 0 Å². The summed E-state index contributed by atoms with van der Waals surface area (Å²) < 4.78 is 13.4. The second kappa shape index (κ2) is 6.25. The van der Waals surface area contributed by atoms with Crippen molar-refractivity contribution in [3.63, 3.8) is 0 Å². The quantitative estimate of drug-likeness (QED) is 0.597. The van der Waals surface area contributed by atoms with Gasteiger partial charge in [-0.3, -0.25) is 10.9 Å². The molecule has 0 bridgehead atoms. The number of thiocarbonyl (C=S) groups is 1. The lowest BCUT2D eigenvalue weighted by molar-refractivity contribution is 0.632. The van der Waals surface area contributed by atoms with E-state index in [9.17, 15) is 4.39 Å². The van der Waals surface area contributed by atoms with Gasteiger partial charge in [-0.2, -0.15) is 0 Å². The molecule has 0 aliphatic rings. The van der Waals surface area contributed by atoms with Crippen molar-refractivity contribution in [2.45, 2.75) is 13.8 Å². The zero-order valence-corrected chi connectivity index (χ0v) is 11.9. The number of aromatic nitrogens is 2. The summed E-state index contributed by atoms with van der Waals surface area (Å²) in [6.45, 7) is 3.74. The van der Waals surface area contributed by atoms with Gasteiger partial charge < -0.3 is 5.32 Å². The number of para-hydroxylation sites is 1. The number of nitrogens with zero attached hydrogens (tertiary/aromatic N) is 2. The molecule has 2 rings (SSSR count). The monoisotopic (exact) mass is 291 g/mol. The molecule has 0 spiro atoms. The predicted octanol–water partition coefficient (Wildman–Crippen LogP) is 2.55. The molecule has 104 valence electrons. The molecule has 20 heavy (non-hydrogen) atoms. The molecular formula is C13H14FN5S. The topological polar surface area (TPSA) is 61.9 Å². The van der Waals surface area contributed by atoms with E-state index in [0.717, 1.165) is 11.4 Å². The first-order valence-electron chi connectivity index (χ1n) is 5.94. The average Bonchev–Trinajstić information content (AvgIpc) is 2.38. The largest absolute Gasteiger partial charge is 0.329 e. The number of hydrogen-bond acceptors (Lipinski definition) is 4. The molecule has 1 heterocycles. The SMILES string of the molecule is Cc1cc(C)nc(NNC(=S)Nc2ccccc2F)n1. The minimum atomic E-state index is -0.376. The molecule has 0 amide bonds. The van der Waals surface area contributed by atoms with Crippen LogP contribution in [-0.4, -0.2) is 15.1 Å². The zero-order valence-electron chi connectivity index (χ0n) is 11.1. The number of halogens is 1. The summed E-state index contributed by atoms with van der Waals surface area (Å²) in [6, 6.07) is 8.14. The lowest BCUT2D eigenvalue weighted by atomic mass is 10.3. The van der Waals surface area contributed by atoms with Gasteiger partial charge in [0.15, 0.2) is 5.11 Å². The highest BCUT2D eigenvalue weighted by Crippen LogP contribution is 2.11. The average molecular weight is 291 g/mol. The van der Waals surface area contributed by atoms with Gasteiger partial charge in [0, 0.05) is 11.4 Å². The van der Waals surface area contributed by atoms with Gasteiger partial charge in [-0.15, -0.1) is 0 Å². The van der Waals surface area contributed by atoms with E-state index in [1.807, 2.05) is 19.9 Å². The standard InChI is InChI=1S/C13H14FN5S/c1-8-7-9(2)16-12(15-8)18-19-13(20)17-11-6-4-3-5-10(11)14/h3-7H,1-2H3,(H,15,16,18)(H2,17,19,20). The summed E-state index contributed by atoms with van der Waals surface area (Å²) in [6.07, 6.45) is 0. The van der Waals surface area contributed by atoms with E-state index < -0.39 is 0 Å². The molecule has 0 atom stereocenters. The van der Waals surface area contributed by atoms with Crippen LogP contribution in [0.2, 0.25) is 0 Å². The van der Waals surface area contributed by atoms with Crippen LogP contribution in [-0.2, 0) is 0 Å². The number of hydrogen-bond donors (Lipinski definition) is 3. The molecule has 0 aliphatic heterocycles. The highest BCUT2D eigenvalue weighted by molar-refractivity contribution is 7.80. The molecule has 1 aromatic carbocycles. The van der Waals surface area contributed by atoms with Crippen molar-refractivity contribution in [2.75, 3.05) is 10.7 Å². The summed E-state index contributed by atoms with van der Waals surface area (Å²) in [5.41, 5.74) is 7.46. The molecule has 5 nitrogen and oxygen atoms in total. The van der Waals surface area contributed by atoms with Gasteiger partial charge in [-0.1, -0.05) is 12.1 Å². The zero-order chi connectivity index (χ0) is 14.5. The Morgan fingerprint density at radius 3 is 2.45 bits per heavy atom. The van der Waals surface area contributed by atoms with Crippen molar-refractivity contribution in [3.05, 3.63) is 47.5 Å². The van der Waals surface area contributed by atoms with Crippen LogP contribution in [0, 0.1) is 19.7 Å². The van der Waals surface area contributed by atoms with Crippen molar-refractivity contribution < 1.29 is 4.39 Å². The van der Waals surface area contributed by atoms with Gasteiger partial charge in [0.25, 0.3) is 0 Å². The molecule has 0 fully saturated rings.